The number of nitrogens with one attached hydrogen (secondary N) is 1. The Morgan fingerprint density at radius 1 is 1.39 bits per heavy atom. The third-order valence-electron chi connectivity index (χ3n) is 2.47. The van der Waals surface area contributed by atoms with Gasteiger partial charge in [0.25, 0.3) is 5.76 Å². The van der Waals surface area contributed by atoms with Crippen LogP contribution in [0.25, 0.3) is 0 Å². The van der Waals surface area contributed by atoms with E-state index in [0.717, 1.165) is 0 Å². The van der Waals surface area contributed by atoms with E-state index in [2.05, 4.69) is 11.4 Å². The van der Waals surface area contributed by atoms with Crippen molar-refractivity contribution in [3.63, 3.8) is 0 Å². The zero-order chi connectivity index (χ0) is 13.6. The molecule has 0 aromatic heterocycles. The molecule has 0 bridgehead atoms. The summed E-state index contributed by atoms with van der Waals surface area (Å²) in [6.45, 7) is 4.30. The van der Waals surface area contributed by atoms with Crippen molar-refractivity contribution in [1.29, 1.82) is 5.26 Å². The minimum absolute atomic E-state index is 0.405. The molecule has 5 heteroatoms. The third kappa shape index (κ3) is 4.92. The topological polar surface area (TPSA) is 35.8 Å². The van der Waals surface area contributed by atoms with E-state index in [1.54, 1.807) is 24.3 Å². The average molecular weight is 270 g/mol. The number of nitrogens with zero attached hydrogens (tertiary/aromatic N) is 1. The minimum Gasteiger partial charge on any atom is -0.384 e. The second kappa shape index (κ2) is 6.60. The Morgan fingerprint density at radius 2 is 2.06 bits per heavy atom. The molecule has 0 saturated heterocycles. The molecule has 1 rings (SSSR count). The van der Waals surface area contributed by atoms with Gasteiger partial charge in [-0.25, -0.2) is 0 Å². The number of benzene rings is 1. The maximum Gasteiger partial charge on any atom is 0.288 e. The van der Waals surface area contributed by atoms with Crippen molar-refractivity contribution in [2.75, 3.05) is 11.9 Å². The van der Waals surface area contributed by atoms with Gasteiger partial charge in [0.05, 0.1) is 11.5 Å². The minimum atomic E-state index is -2.43. The van der Waals surface area contributed by atoms with Crippen molar-refractivity contribution >= 4 is 17.4 Å². The number of para-hydroxylation sites is 1. The van der Waals surface area contributed by atoms with Gasteiger partial charge in [-0.3, -0.25) is 0 Å². The van der Waals surface area contributed by atoms with Crippen molar-refractivity contribution in [2.45, 2.75) is 30.9 Å². The summed E-state index contributed by atoms with van der Waals surface area (Å²) < 4.78 is 24.7. The van der Waals surface area contributed by atoms with Crippen LogP contribution in [0.15, 0.2) is 29.2 Å². The summed E-state index contributed by atoms with van der Waals surface area (Å²) in [5.41, 5.74) is 0.286. The monoisotopic (exact) mass is 270 g/mol. The molecule has 0 spiro atoms. The summed E-state index contributed by atoms with van der Waals surface area (Å²) in [4.78, 5) is 0.530. The van der Waals surface area contributed by atoms with Crippen molar-refractivity contribution < 1.29 is 8.78 Å². The van der Waals surface area contributed by atoms with Crippen molar-refractivity contribution in [3.8, 4) is 6.07 Å². The van der Waals surface area contributed by atoms with Gasteiger partial charge in [0, 0.05) is 17.1 Å². The molecule has 0 amide bonds. The van der Waals surface area contributed by atoms with E-state index in [4.69, 9.17) is 5.26 Å². The van der Waals surface area contributed by atoms with Crippen molar-refractivity contribution in [1.82, 2.24) is 0 Å². The molecule has 98 valence electrons. The number of rotatable bonds is 6. The average Bonchev–Trinajstić information content (AvgIpc) is 2.30. The van der Waals surface area contributed by atoms with Gasteiger partial charge in [-0.2, -0.15) is 14.0 Å². The summed E-state index contributed by atoms with van der Waals surface area (Å²) in [5.74, 6) is -2.43. The first-order chi connectivity index (χ1) is 8.44. The number of thioether (sulfide) groups is 1. The Balaban J connectivity index is 2.60. The van der Waals surface area contributed by atoms with E-state index in [1.807, 2.05) is 13.8 Å². The second-order valence-corrected chi connectivity index (χ2v) is 5.58. The molecule has 0 aliphatic rings. The highest BCUT2D eigenvalue weighted by atomic mass is 32.2. The molecular formula is C13H16F2N2S. The normalized spacial score (nSPS) is 11.3. The van der Waals surface area contributed by atoms with Crippen LogP contribution in [0.3, 0.4) is 0 Å². The van der Waals surface area contributed by atoms with Crippen LogP contribution in [0.2, 0.25) is 0 Å². The maximum atomic E-state index is 12.4. The van der Waals surface area contributed by atoms with E-state index >= 15 is 0 Å². The van der Waals surface area contributed by atoms with Crippen LogP contribution >= 0.6 is 11.8 Å². The largest absolute Gasteiger partial charge is 0.384 e. The summed E-state index contributed by atoms with van der Waals surface area (Å²) in [5, 5.41) is 12.0. The van der Waals surface area contributed by atoms with Crippen LogP contribution in [0.5, 0.6) is 0 Å². The maximum absolute atomic E-state index is 12.4. The molecule has 0 heterocycles. The van der Waals surface area contributed by atoms with Gasteiger partial charge in [0.2, 0.25) is 0 Å². The molecule has 1 aromatic rings. The van der Waals surface area contributed by atoms with E-state index in [-0.39, 0.29) is 0 Å². The Morgan fingerprint density at radius 3 is 2.67 bits per heavy atom. The van der Waals surface area contributed by atoms with Crippen LogP contribution in [-0.2, 0) is 0 Å². The van der Waals surface area contributed by atoms with Gasteiger partial charge in [0.15, 0.2) is 0 Å². The molecule has 2 nitrogen and oxygen atoms in total. The molecule has 0 aliphatic heterocycles. The zero-order valence-corrected chi connectivity index (χ0v) is 11.2. The number of hydrogen-bond donors (Lipinski definition) is 1. The predicted octanol–water partition coefficient (Wildman–Crippen LogP) is 4.35. The molecule has 0 saturated carbocycles. The van der Waals surface area contributed by atoms with Gasteiger partial charge in [0.1, 0.15) is 0 Å². The van der Waals surface area contributed by atoms with Crippen LogP contribution in [0.1, 0.15) is 20.3 Å². The first-order valence-corrected chi connectivity index (χ1v) is 6.51. The SMILES string of the molecule is CC(C)(C#N)CCNc1ccccc1SC(F)F. The van der Waals surface area contributed by atoms with Gasteiger partial charge >= 0.3 is 0 Å². The Kier molecular flexibility index (Phi) is 5.42. The van der Waals surface area contributed by atoms with Gasteiger partial charge in [-0.1, -0.05) is 23.9 Å². The van der Waals surface area contributed by atoms with Gasteiger partial charge < -0.3 is 5.32 Å². The number of halogens is 2. The molecule has 0 unspecified atom stereocenters. The lowest BCUT2D eigenvalue weighted by Crippen LogP contribution is -2.14. The van der Waals surface area contributed by atoms with Crippen molar-refractivity contribution in [2.24, 2.45) is 5.41 Å². The summed E-state index contributed by atoms with van der Waals surface area (Å²) in [6.07, 6.45) is 0.664. The fraction of sp³-hybridized carbons (Fsp3) is 0.462. The number of hydrogen-bond acceptors (Lipinski definition) is 3. The lowest BCUT2D eigenvalue weighted by atomic mass is 9.91. The lowest BCUT2D eigenvalue weighted by molar-refractivity contribution is 0.252. The summed E-state index contributed by atoms with van der Waals surface area (Å²) in [6, 6.07) is 9.17. The third-order valence-corrected chi connectivity index (χ3v) is 3.26. The fourth-order valence-corrected chi connectivity index (χ4v) is 1.99. The zero-order valence-electron chi connectivity index (χ0n) is 10.4. The first-order valence-electron chi connectivity index (χ1n) is 5.63. The molecule has 0 aliphatic carbocycles. The van der Waals surface area contributed by atoms with E-state index in [0.29, 0.717) is 35.3 Å². The molecule has 1 N–H and O–H groups in total. The molecule has 0 atom stereocenters. The lowest BCUT2D eigenvalue weighted by Gasteiger charge is -2.17. The van der Waals surface area contributed by atoms with Crippen LogP contribution < -0.4 is 5.32 Å². The summed E-state index contributed by atoms with van der Waals surface area (Å²) in [7, 11) is 0. The molecule has 0 radical (unpaired) electrons. The smallest absolute Gasteiger partial charge is 0.288 e. The van der Waals surface area contributed by atoms with Gasteiger partial charge in [-0.05, 0) is 32.4 Å². The first kappa shape index (κ1) is 14.8. The standard InChI is InChI=1S/C13H16F2N2S/c1-13(2,9-16)7-8-17-10-5-3-4-6-11(10)18-12(14)15/h3-6,12,17H,7-8H2,1-2H3. The second-order valence-electron chi connectivity index (χ2n) is 4.55. The van der Waals surface area contributed by atoms with Crippen molar-refractivity contribution in [3.05, 3.63) is 24.3 Å². The highest BCUT2D eigenvalue weighted by Gasteiger charge is 2.16. The van der Waals surface area contributed by atoms with Crippen LogP contribution in [0.4, 0.5) is 14.5 Å². The molecule has 0 fully saturated rings. The fourth-order valence-electron chi connectivity index (χ4n) is 1.38. The number of alkyl halides is 2. The molecule has 1 aromatic carbocycles. The molecule has 18 heavy (non-hydrogen) atoms. The Hall–Kier alpha value is -1.28. The van der Waals surface area contributed by atoms with Gasteiger partial charge in [-0.15, -0.1) is 0 Å². The Labute approximate surface area is 110 Å². The highest BCUT2D eigenvalue weighted by Crippen LogP contribution is 2.31. The van der Waals surface area contributed by atoms with Crippen LogP contribution in [-0.4, -0.2) is 12.3 Å². The number of nitriles is 1. The Bertz CT molecular complexity index is 427. The molecular weight excluding hydrogens is 254 g/mol. The predicted molar refractivity (Wildman–Crippen MR) is 70.8 cm³/mol. The van der Waals surface area contributed by atoms with Crippen LogP contribution in [0, 0.1) is 16.7 Å². The number of anilines is 1. The highest BCUT2D eigenvalue weighted by molar-refractivity contribution is 7.99. The van der Waals surface area contributed by atoms with E-state index in [1.165, 1.54) is 0 Å². The van der Waals surface area contributed by atoms with E-state index < -0.39 is 11.2 Å². The summed E-state index contributed by atoms with van der Waals surface area (Å²) >= 11 is 0.528. The van der Waals surface area contributed by atoms with E-state index in [9.17, 15) is 8.78 Å². The quantitative estimate of drug-likeness (QED) is 0.780.